The Balaban J connectivity index is 1.04. The second-order valence-corrected chi connectivity index (χ2v) is 24.2. The van der Waals surface area contributed by atoms with Crippen LogP contribution in [0.25, 0.3) is 54.9 Å². The fourth-order valence-electron chi connectivity index (χ4n) is 12.2. The van der Waals surface area contributed by atoms with Gasteiger partial charge >= 0.3 is 0 Å². The van der Waals surface area contributed by atoms with Gasteiger partial charge in [-0.3, -0.25) is 0 Å². The van der Waals surface area contributed by atoms with Crippen molar-refractivity contribution in [1.29, 1.82) is 0 Å². The fraction of sp³-hybridized carbons (Fsp3) is 0.127. The molecule has 0 aliphatic carbocycles. The first-order chi connectivity index (χ1) is 35.9. The first-order valence-electron chi connectivity index (χ1n) is 26.1. The summed E-state index contributed by atoms with van der Waals surface area (Å²) in [6.45, 7) is 14.4. The summed E-state index contributed by atoms with van der Waals surface area (Å²) in [6, 6.07) is 89.4. The first-order valence-corrected chi connectivity index (χ1v) is 27.7. The van der Waals surface area contributed by atoms with E-state index in [-0.39, 0.29) is 23.0 Å². The second kappa shape index (κ2) is 18.0. The molecule has 0 radical (unpaired) electrons. The van der Waals surface area contributed by atoms with Crippen LogP contribution in [-0.2, 0) is 16.2 Å². The average molecular weight is 985 g/mol. The Bertz CT molecular complexity index is 3790. The lowest BCUT2D eigenvalue weighted by Crippen LogP contribution is -2.58. The molecule has 0 nitrogen and oxygen atoms in total. The third-order valence-corrected chi connectivity index (χ3v) is 18.9. The quantitative estimate of drug-likeness (QED) is 0.104. The fourth-order valence-corrected chi connectivity index (χ4v) is 14.7. The minimum absolute atomic E-state index is 0.115. The van der Waals surface area contributed by atoms with Gasteiger partial charge in [-0.15, -0.1) is 0 Å². The summed E-state index contributed by atoms with van der Waals surface area (Å²) < 4.78 is 0. The van der Waals surface area contributed by atoms with Crippen molar-refractivity contribution in [2.75, 3.05) is 0 Å². The van der Waals surface area contributed by atoms with Crippen LogP contribution in [-0.4, -0.2) is 6.71 Å². The highest BCUT2D eigenvalue weighted by Crippen LogP contribution is 2.48. The van der Waals surface area contributed by atoms with Crippen LogP contribution in [0.3, 0.4) is 0 Å². The van der Waals surface area contributed by atoms with Gasteiger partial charge < -0.3 is 0 Å². The van der Waals surface area contributed by atoms with Gasteiger partial charge in [-0.25, -0.2) is 0 Å². The molecule has 356 valence electrons. The van der Waals surface area contributed by atoms with E-state index in [0.717, 1.165) is 0 Å². The van der Waals surface area contributed by atoms with Gasteiger partial charge in [0, 0.05) is 35.8 Å². The molecule has 0 amide bonds. The van der Waals surface area contributed by atoms with Crippen LogP contribution >= 0.6 is 23.5 Å². The molecule has 0 fully saturated rings. The van der Waals surface area contributed by atoms with Crippen molar-refractivity contribution >= 4 is 68.2 Å². The van der Waals surface area contributed by atoms with Crippen LogP contribution in [0.1, 0.15) is 74.9 Å². The minimum Gasteiger partial charge on any atom is -0.0911 e. The van der Waals surface area contributed by atoms with Crippen molar-refractivity contribution in [1.82, 2.24) is 0 Å². The van der Waals surface area contributed by atoms with Crippen molar-refractivity contribution in [3.05, 3.63) is 270 Å². The van der Waals surface area contributed by atoms with E-state index in [9.17, 15) is 0 Å². The van der Waals surface area contributed by atoms with Gasteiger partial charge in [0.15, 0.2) is 0 Å². The van der Waals surface area contributed by atoms with E-state index in [4.69, 9.17) is 0 Å². The molecule has 0 unspecified atom stereocenters. The molecule has 11 aromatic carbocycles. The molecular formula is C71H57BS2. The SMILES string of the molecule is CC(C)(c1ccccc1)c1cc(-c2cc3c4c(c2)Sc2cc(C(C)(C)c5ccccc5)ccc2B4c2ccc(C(C)(C)c4ccccc4)cc2S3)cc(-c2c3ccccc3c(-c3ccccc3)c3ccccc23)c1. The Labute approximate surface area is 446 Å². The van der Waals surface area contributed by atoms with Gasteiger partial charge in [-0.1, -0.05) is 282 Å². The lowest BCUT2D eigenvalue weighted by atomic mass is 9.36. The van der Waals surface area contributed by atoms with Crippen molar-refractivity contribution in [2.24, 2.45) is 0 Å². The molecule has 3 heteroatoms. The topological polar surface area (TPSA) is 0 Å². The van der Waals surface area contributed by atoms with Crippen LogP contribution in [0, 0.1) is 0 Å². The highest BCUT2D eigenvalue weighted by Gasteiger charge is 2.40. The van der Waals surface area contributed by atoms with Crippen molar-refractivity contribution in [3.63, 3.8) is 0 Å². The number of fused-ring (bicyclic) bond motifs is 6. The zero-order valence-electron chi connectivity index (χ0n) is 42.9. The van der Waals surface area contributed by atoms with Crippen molar-refractivity contribution < 1.29 is 0 Å². The Kier molecular flexibility index (Phi) is 11.3. The smallest absolute Gasteiger partial charge is 0.0911 e. The third kappa shape index (κ3) is 7.70. The average Bonchev–Trinajstić information content (AvgIpc) is 3.45. The van der Waals surface area contributed by atoms with E-state index < -0.39 is 0 Å². The number of benzene rings is 11. The largest absolute Gasteiger partial charge is 0.247 e. The lowest BCUT2D eigenvalue weighted by Gasteiger charge is -2.36. The normalized spacial score (nSPS) is 13.1. The van der Waals surface area contributed by atoms with Gasteiger partial charge in [0.1, 0.15) is 0 Å². The summed E-state index contributed by atoms with van der Waals surface area (Å²) in [5, 5.41) is 5.05. The van der Waals surface area contributed by atoms with Gasteiger partial charge in [-0.05, 0) is 124 Å². The van der Waals surface area contributed by atoms with Crippen LogP contribution < -0.4 is 16.4 Å². The number of rotatable bonds is 9. The summed E-state index contributed by atoms with van der Waals surface area (Å²) in [4.78, 5) is 5.37. The van der Waals surface area contributed by atoms with Crippen LogP contribution in [0.4, 0.5) is 0 Å². The summed E-state index contributed by atoms with van der Waals surface area (Å²) in [6.07, 6.45) is 0. The molecule has 0 atom stereocenters. The maximum atomic E-state index is 2.53. The lowest BCUT2D eigenvalue weighted by molar-refractivity contribution is 0.639. The highest BCUT2D eigenvalue weighted by atomic mass is 32.2. The van der Waals surface area contributed by atoms with Gasteiger partial charge in [0.2, 0.25) is 6.71 Å². The monoisotopic (exact) mass is 984 g/mol. The maximum Gasteiger partial charge on any atom is 0.247 e. The summed E-state index contributed by atoms with van der Waals surface area (Å²) in [7, 11) is 0. The first kappa shape index (κ1) is 46.5. The predicted octanol–water partition coefficient (Wildman–Crippen LogP) is 17.4. The molecule has 0 bridgehead atoms. The van der Waals surface area contributed by atoms with E-state index in [2.05, 4.69) is 278 Å². The Morgan fingerprint density at radius 2 is 0.622 bits per heavy atom. The van der Waals surface area contributed by atoms with Crippen molar-refractivity contribution in [3.8, 4) is 33.4 Å². The molecule has 2 aliphatic heterocycles. The summed E-state index contributed by atoms with van der Waals surface area (Å²) >= 11 is 3.92. The number of hydrogen-bond donors (Lipinski definition) is 0. The van der Waals surface area contributed by atoms with E-state index in [1.54, 1.807) is 0 Å². The van der Waals surface area contributed by atoms with Gasteiger partial charge in [0.25, 0.3) is 0 Å². The summed E-state index contributed by atoms with van der Waals surface area (Å²) in [5.74, 6) is 0. The maximum absolute atomic E-state index is 2.53. The van der Waals surface area contributed by atoms with Crippen LogP contribution in [0.5, 0.6) is 0 Å². The zero-order chi connectivity index (χ0) is 50.3. The van der Waals surface area contributed by atoms with Gasteiger partial charge in [-0.2, -0.15) is 0 Å². The molecule has 11 aromatic rings. The molecular weight excluding hydrogens is 928 g/mol. The molecule has 0 saturated carbocycles. The number of hydrogen-bond acceptors (Lipinski definition) is 2. The standard InChI is InChI=1S/C71H57BS2/c1-69(2,50-25-13-8-14-26-50)53-35-37-60-62(44-53)73-64-42-48(43-65-68(64)72(60)61-38-36-54(45-63(61)74-65)70(3,4)51-27-15-9-16-28-51)47-39-49(41-55(40-47)71(5,6)52-29-17-10-18-30-52)67-58-33-21-19-31-56(58)66(46-23-11-7-12-24-46)57-32-20-22-34-59(57)67/h7-45H,1-6H3. The summed E-state index contributed by atoms with van der Waals surface area (Å²) in [5.41, 5.74) is 19.0. The van der Waals surface area contributed by atoms with Crippen LogP contribution in [0.15, 0.2) is 256 Å². The Morgan fingerprint density at radius 1 is 0.270 bits per heavy atom. The highest BCUT2D eigenvalue weighted by molar-refractivity contribution is 8.01. The van der Waals surface area contributed by atoms with E-state index in [1.165, 1.54) is 124 Å². The Morgan fingerprint density at radius 3 is 1.05 bits per heavy atom. The molecule has 2 aliphatic rings. The van der Waals surface area contributed by atoms with E-state index >= 15 is 0 Å². The molecule has 0 spiro atoms. The molecule has 0 aromatic heterocycles. The molecule has 13 rings (SSSR count). The minimum atomic E-state index is -0.291. The molecule has 0 saturated heterocycles. The molecule has 0 N–H and O–H groups in total. The van der Waals surface area contributed by atoms with E-state index in [0.29, 0.717) is 0 Å². The third-order valence-electron chi connectivity index (χ3n) is 16.7. The second-order valence-electron chi connectivity index (χ2n) is 22.0. The van der Waals surface area contributed by atoms with E-state index in [1.807, 2.05) is 23.5 Å². The van der Waals surface area contributed by atoms with Gasteiger partial charge in [0.05, 0.1) is 0 Å². The zero-order valence-corrected chi connectivity index (χ0v) is 44.5. The molecule has 2 heterocycles. The van der Waals surface area contributed by atoms with Crippen LogP contribution in [0.2, 0.25) is 0 Å². The Hall–Kier alpha value is -7.30. The predicted molar refractivity (Wildman–Crippen MR) is 319 cm³/mol. The van der Waals surface area contributed by atoms with Crippen molar-refractivity contribution in [2.45, 2.75) is 77.4 Å². The molecule has 74 heavy (non-hydrogen) atoms.